The molecule has 3 heterocycles. The maximum atomic E-state index is 12.6. The molecule has 5 rings (SSSR count). The monoisotopic (exact) mass is 518 g/mol. The minimum absolute atomic E-state index is 0.0749. The normalized spacial score (nSPS) is 16.3. The summed E-state index contributed by atoms with van der Waals surface area (Å²) in [6.07, 6.45) is 5.41. The molecule has 1 aliphatic rings. The predicted molar refractivity (Wildman–Crippen MR) is 128 cm³/mol. The van der Waals surface area contributed by atoms with E-state index in [2.05, 4.69) is 33.1 Å². The number of nitrogens with zero attached hydrogens (tertiary/aromatic N) is 4. The maximum absolute atomic E-state index is 12.6. The molecule has 0 saturated heterocycles. The minimum Gasteiger partial charge on any atom is -0.293 e. The van der Waals surface area contributed by atoms with Crippen molar-refractivity contribution in [3.05, 3.63) is 44.7 Å². The summed E-state index contributed by atoms with van der Waals surface area (Å²) < 4.78 is 2.99. The second kappa shape index (κ2) is 8.26. The molecule has 4 aromatic rings. The first-order valence-corrected chi connectivity index (χ1v) is 13.5. The molecule has 9 heteroatoms. The lowest BCUT2D eigenvalue weighted by atomic mass is 9.89. The van der Waals surface area contributed by atoms with E-state index in [0.717, 1.165) is 49.4 Å². The largest absolute Gasteiger partial charge is 0.293 e. The smallest absolute Gasteiger partial charge is 0.198 e. The first-order valence-electron chi connectivity index (χ1n) is 9.70. The van der Waals surface area contributed by atoms with Gasteiger partial charge in [-0.1, -0.05) is 58.5 Å². The molecule has 30 heavy (non-hydrogen) atoms. The molecule has 1 atom stereocenters. The fourth-order valence-corrected chi connectivity index (χ4v) is 6.99. The molecule has 5 nitrogen and oxygen atoms in total. The Hall–Kier alpha value is -1.42. The van der Waals surface area contributed by atoms with Crippen molar-refractivity contribution in [1.82, 2.24) is 19.6 Å². The third kappa shape index (κ3) is 3.59. The van der Waals surface area contributed by atoms with E-state index < -0.39 is 0 Å². The minimum atomic E-state index is 0.0749. The lowest BCUT2D eigenvalue weighted by Crippen LogP contribution is -2.08. The van der Waals surface area contributed by atoms with Crippen LogP contribution in [0.5, 0.6) is 0 Å². The molecular formula is C21H19BrN4OS3. The number of Topliss-reactive ketones (excluding diaryl/α,β-unsaturated/α-hetero) is 1. The van der Waals surface area contributed by atoms with Gasteiger partial charge in [0, 0.05) is 14.9 Å². The molecule has 0 aliphatic heterocycles. The highest BCUT2D eigenvalue weighted by Crippen LogP contribution is 2.40. The van der Waals surface area contributed by atoms with Crippen LogP contribution in [-0.2, 0) is 12.8 Å². The van der Waals surface area contributed by atoms with Crippen molar-refractivity contribution in [3.8, 4) is 0 Å². The number of carbonyl (C=O) groups is 1. The van der Waals surface area contributed by atoms with Gasteiger partial charge in [-0.3, -0.25) is 4.79 Å². The number of hydrogen-bond donors (Lipinski definition) is 0. The zero-order valence-electron chi connectivity index (χ0n) is 16.5. The quantitative estimate of drug-likeness (QED) is 0.185. The Morgan fingerprint density at radius 2 is 2.07 bits per heavy atom. The van der Waals surface area contributed by atoms with Crippen LogP contribution in [-0.4, -0.2) is 37.4 Å². The van der Waals surface area contributed by atoms with Crippen LogP contribution in [0.3, 0.4) is 0 Å². The van der Waals surface area contributed by atoms with Crippen molar-refractivity contribution in [1.29, 1.82) is 0 Å². The van der Waals surface area contributed by atoms with Gasteiger partial charge in [-0.05, 0) is 49.1 Å². The van der Waals surface area contributed by atoms with Gasteiger partial charge in [0.25, 0.3) is 0 Å². The predicted octanol–water partition coefficient (Wildman–Crippen LogP) is 5.92. The van der Waals surface area contributed by atoms with Gasteiger partial charge in [0.1, 0.15) is 4.83 Å². The number of fused-ring (bicyclic) bond motifs is 5. The standard InChI is InChI=1S/C21H19BrN4OS3/c1-11-3-8-14-16(9-11)30-19-17(14)18-24-25-21(26(18)20(23-19)28-2)29-10-15(27)12-4-6-13(22)7-5-12/h4-7,11H,3,8-10H2,1-2H3/t11-/m1/s1. The molecule has 1 aromatic carbocycles. The average molecular weight is 520 g/mol. The topological polar surface area (TPSA) is 60.2 Å². The number of rotatable bonds is 5. The van der Waals surface area contributed by atoms with Crippen molar-refractivity contribution < 1.29 is 4.79 Å². The van der Waals surface area contributed by atoms with E-state index in [1.165, 1.54) is 28.6 Å². The van der Waals surface area contributed by atoms with Crippen molar-refractivity contribution in [3.63, 3.8) is 0 Å². The summed E-state index contributed by atoms with van der Waals surface area (Å²) in [5.41, 5.74) is 2.97. The third-order valence-corrected chi connectivity index (χ3v) is 8.66. The van der Waals surface area contributed by atoms with Crippen LogP contribution < -0.4 is 0 Å². The van der Waals surface area contributed by atoms with E-state index >= 15 is 0 Å². The number of aromatic nitrogens is 4. The van der Waals surface area contributed by atoms with Crippen molar-refractivity contribution in [2.75, 3.05) is 12.0 Å². The third-order valence-electron chi connectivity index (χ3n) is 5.42. The Kier molecular flexibility index (Phi) is 5.64. The number of carbonyl (C=O) groups excluding carboxylic acids is 1. The number of thioether (sulfide) groups is 2. The molecule has 0 amide bonds. The summed E-state index contributed by atoms with van der Waals surface area (Å²) in [4.78, 5) is 20.1. The summed E-state index contributed by atoms with van der Waals surface area (Å²) in [7, 11) is 0. The summed E-state index contributed by atoms with van der Waals surface area (Å²) in [6, 6.07) is 7.45. The second-order valence-corrected chi connectivity index (χ2v) is 11.2. The first kappa shape index (κ1) is 20.5. The van der Waals surface area contributed by atoms with Crippen LogP contribution in [0.1, 0.15) is 34.1 Å². The van der Waals surface area contributed by atoms with E-state index in [0.29, 0.717) is 11.3 Å². The Bertz CT molecular complexity index is 1270. The van der Waals surface area contributed by atoms with Gasteiger partial charge in [-0.2, -0.15) is 0 Å². The molecule has 0 saturated carbocycles. The van der Waals surface area contributed by atoms with Crippen LogP contribution in [0.25, 0.3) is 15.9 Å². The Labute approximate surface area is 195 Å². The van der Waals surface area contributed by atoms with Gasteiger partial charge in [0.15, 0.2) is 21.7 Å². The number of thiophene rings is 1. The highest BCUT2D eigenvalue weighted by atomic mass is 79.9. The Morgan fingerprint density at radius 3 is 2.83 bits per heavy atom. The van der Waals surface area contributed by atoms with Gasteiger partial charge in [0.2, 0.25) is 0 Å². The summed E-state index contributed by atoms with van der Waals surface area (Å²) in [5, 5.41) is 11.7. The fourth-order valence-electron chi connectivity index (χ4n) is 3.87. The summed E-state index contributed by atoms with van der Waals surface area (Å²) in [6.45, 7) is 2.32. The van der Waals surface area contributed by atoms with Crippen LogP contribution in [0.4, 0.5) is 0 Å². The van der Waals surface area contributed by atoms with E-state index in [1.54, 1.807) is 23.1 Å². The molecule has 1 aliphatic carbocycles. The van der Waals surface area contributed by atoms with E-state index in [1.807, 2.05) is 34.9 Å². The maximum Gasteiger partial charge on any atom is 0.198 e. The van der Waals surface area contributed by atoms with Crippen LogP contribution in [0, 0.1) is 5.92 Å². The molecule has 0 bridgehead atoms. The zero-order chi connectivity index (χ0) is 20.8. The first-order chi connectivity index (χ1) is 14.5. The van der Waals surface area contributed by atoms with Crippen LogP contribution >= 0.6 is 50.8 Å². The van der Waals surface area contributed by atoms with E-state index in [9.17, 15) is 4.79 Å². The van der Waals surface area contributed by atoms with Gasteiger partial charge >= 0.3 is 0 Å². The fraction of sp³-hybridized carbons (Fsp3) is 0.333. The van der Waals surface area contributed by atoms with Gasteiger partial charge in [-0.15, -0.1) is 21.5 Å². The Balaban J connectivity index is 1.52. The van der Waals surface area contributed by atoms with Crippen LogP contribution in [0.15, 0.2) is 39.1 Å². The second-order valence-electron chi connectivity index (χ2n) is 7.49. The summed E-state index contributed by atoms with van der Waals surface area (Å²) >= 11 is 8.22. The highest BCUT2D eigenvalue weighted by Gasteiger charge is 2.25. The van der Waals surface area contributed by atoms with Crippen molar-refractivity contribution in [2.24, 2.45) is 5.92 Å². The molecule has 154 valence electrons. The van der Waals surface area contributed by atoms with Crippen LogP contribution in [0.2, 0.25) is 0 Å². The Morgan fingerprint density at radius 1 is 1.27 bits per heavy atom. The summed E-state index contributed by atoms with van der Waals surface area (Å²) in [5.74, 6) is 1.11. The molecule has 0 spiro atoms. The van der Waals surface area contributed by atoms with E-state index in [-0.39, 0.29) is 5.78 Å². The number of aryl methyl sites for hydroxylation is 1. The highest BCUT2D eigenvalue weighted by molar-refractivity contribution is 9.10. The van der Waals surface area contributed by atoms with Gasteiger partial charge < -0.3 is 0 Å². The van der Waals surface area contributed by atoms with Crippen molar-refractivity contribution in [2.45, 2.75) is 36.5 Å². The average Bonchev–Trinajstić information content (AvgIpc) is 3.32. The number of hydrogen-bond acceptors (Lipinski definition) is 7. The molecule has 3 aromatic heterocycles. The lowest BCUT2D eigenvalue weighted by Gasteiger charge is -2.17. The number of benzene rings is 1. The molecule has 0 unspecified atom stereocenters. The number of halogens is 1. The van der Waals surface area contributed by atoms with Crippen molar-refractivity contribution >= 4 is 72.4 Å². The van der Waals surface area contributed by atoms with Gasteiger partial charge in [-0.25, -0.2) is 9.38 Å². The molecule has 0 radical (unpaired) electrons. The number of ketones is 1. The molecular weight excluding hydrogens is 500 g/mol. The molecule has 0 fully saturated rings. The lowest BCUT2D eigenvalue weighted by molar-refractivity contribution is 0.102. The van der Waals surface area contributed by atoms with E-state index in [4.69, 9.17) is 4.98 Å². The zero-order valence-corrected chi connectivity index (χ0v) is 20.6. The molecule has 0 N–H and O–H groups in total. The SMILES string of the molecule is CSc1nc2sc3c(c2c2nnc(SCC(=O)c4ccc(Br)cc4)n12)CC[C@@H](C)C3. The van der Waals surface area contributed by atoms with Gasteiger partial charge in [0.05, 0.1) is 11.1 Å².